The largest absolute Gasteiger partial charge is 0.497 e. The van der Waals surface area contributed by atoms with E-state index in [9.17, 15) is 9.59 Å². The van der Waals surface area contributed by atoms with E-state index in [0.29, 0.717) is 33.0 Å². The van der Waals surface area contributed by atoms with Crippen LogP contribution >= 0.6 is 11.8 Å². The lowest BCUT2D eigenvalue weighted by molar-refractivity contribution is -0.139. The minimum absolute atomic E-state index is 0.257. The molecule has 0 bridgehead atoms. The number of hydrogen-bond donors (Lipinski definition) is 2. The minimum atomic E-state index is -1.05. The number of carbonyl (C=O) groups excluding carboxylic acids is 1. The summed E-state index contributed by atoms with van der Waals surface area (Å²) < 4.78 is 15.6. The van der Waals surface area contributed by atoms with Crippen molar-refractivity contribution < 1.29 is 28.9 Å². The summed E-state index contributed by atoms with van der Waals surface area (Å²) in [5.41, 5.74) is 1.34. The van der Waals surface area contributed by atoms with Crippen LogP contribution in [-0.4, -0.2) is 43.0 Å². The van der Waals surface area contributed by atoms with Crippen LogP contribution < -0.4 is 19.5 Å². The first kappa shape index (κ1) is 20.3. The van der Waals surface area contributed by atoms with E-state index in [1.54, 1.807) is 55.7 Å². The third-order valence-electron chi connectivity index (χ3n) is 3.80. The summed E-state index contributed by atoms with van der Waals surface area (Å²) in [6.45, 7) is -0.409. The van der Waals surface area contributed by atoms with Crippen molar-refractivity contribution in [2.75, 3.05) is 20.8 Å². The van der Waals surface area contributed by atoms with Crippen molar-refractivity contribution in [2.45, 2.75) is 0 Å². The summed E-state index contributed by atoms with van der Waals surface area (Å²) in [5, 5.41) is 11.8. The van der Waals surface area contributed by atoms with Gasteiger partial charge in [0, 0.05) is 6.07 Å². The first-order valence-corrected chi connectivity index (χ1v) is 9.26. The molecule has 0 unspecified atom stereocenters. The van der Waals surface area contributed by atoms with Crippen LogP contribution in [0.15, 0.2) is 52.4 Å². The Morgan fingerprint density at radius 3 is 2.52 bits per heavy atom. The Labute approximate surface area is 171 Å². The third kappa shape index (κ3) is 5.29. The number of ether oxygens (including phenoxy) is 3. The number of nitrogens with zero attached hydrogens (tertiary/aromatic N) is 1. The highest BCUT2D eigenvalue weighted by Gasteiger charge is 2.24. The van der Waals surface area contributed by atoms with Gasteiger partial charge in [-0.05, 0) is 47.7 Å². The molecule has 0 atom stereocenters. The molecule has 2 aromatic rings. The number of aliphatic carboxylic acids is 1. The molecule has 0 aromatic heterocycles. The smallest absolute Gasteiger partial charge is 0.341 e. The first-order chi connectivity index (χ1) is 14.0. The number of methoxy groups -OCH3 is 2. The van der Waals surface area contributed by atoms with Crippen molar-refractivity contribution in [1.82, 2.24) is 5.32 Å². The molecule has 1 aliphatic heterocycles. The Balaban J connectivity index is 1.74. The zero-order chi connectivity index (χ0) is 20.8. The molecule has 0 radical (unpaired) electrons. The molecular formula is C20H18N2O6S. The predicted molar refractivity (Wildman–Crippen MR) is 110 cm³/mol. The molecule has 29 heavy (non-hydrogen) atoms. The monoisotopic (exact) mass is 414 g/mol. The molecule has 1 heterocycles. The molecule has 3 rings (SSSR count). The van der Waals surface area contributed by atoms with Crippen molar-refractivity contribution in [1.29, 1.82) is 0 Å². The molecule has 0 aliphatic carbocycles. The normalized spacial score (nSPS) is 16.0. The van der Waals surface area contributed by atoms with E-state index >= 15 is 0 Å². The number of aliphatic imine (C=N–C) groups is 1. The Morgan fingerprint density at radius 2 is 1.86 bits per heavy atom. The van der Waals surface area contributed by atoms with Crippen LogP contribution in [0.3, 0.4) is 0 Å². The highest BCUT2D eigenvalue weighted by Crippen LogP contribution is 2.34. The van der Waals surface area contributed by atoms with Gasteiger partial charge in [0.05, 0.1) is 19.1 Å². The van der Waals surface area contributed by atoms with Gasteiger partial charge in [-0.25, -0.2) is 9.79 Å². The SMILES string of the molecule is COc1ccc(N=C2NC(=O)/C(=C\c3ccc(OCC(=O)O)cc3)S2)c(OC)c1. The summed E-state index contributed by atoms with van der Waals surface area (Å²) in [6, 6.07) is 12.0. The van der Waals surface area contributed by atoms with Crippen LogP contribution in [0.5, 0.6) is 17.2 Å². The van der Waals surface area contributed by atoms with E-state index in [0.717, 1.165) is 5.56 Å². The second-order valence-electron chi connectivity index (χ2n) is 5.77. The fourth-order valence-corrected chi connectivity index (χ4v) is 3.26. The molecule has 0 saturated carbocycles. The number of thioether (sulfide) groups is 1. The molecular weight excluding hydrogens is 396 g/mol. The number of nitrogens with one attached hydrogen (secondary N) is 1. The van der Waals surface area contributed by atoms with E-state index in [2.05, 4.69) is 10.3 Å². The number of carbonyl (C=O) groups is 2. The van der Waals surface area contributed by atoms with Crippen LogP contribution in [-0.2, 0) is 9.59 Å². The van der Waals surface area contributed by atoms with Gasteiger partial charge in [-0.1, -0.05) is 12.1 Å². The standard InChI is InChI=1S/C20H18N2O6S/c1-26-14-7-8-15(16(10-14)27-2)21-20-22-19(25)17(29-20)9-12-3-5-13(6-4-12)28-11-18(23)24/h3-10H,11H2,1-2H3,(H,23,24)(H,21,22,25)/b17-9+. The number of benzene rings is 2. The second kappa shape index (κ2) is 9.16. The van der Waals surface area contributed by atoms with Gasteiger partial charge in [0.25, 0.3) is 5.91 Å². The quantitative estimate of drug-likeness (QED) is 0.671. The fourth-order valence-electron chi connectivity index (χ4n) is 2.42. The van der Waals surface area contributed by atoms with Crippen molar-refractivity contribution in [2.24, 2.45) is 4.99 Å². The number of hydrogen-bond acceptors (Lipinski definition) is 7. The summed E-state index contributed by atoms with van der Waals surface area (Å²) in [6.07, 6.45) is 1.72. The summed E-state index contributed by atoms with van der Waals surface area (Å²) in [4.78, 5) is 27.7. The van der Waals surface area contributed by atoms with Crippen molar-refractivity contribution in [3.05, 3.63) is 52.9 Å². The van der Waals surface area contributed by atoms with E-state index < -0.39 is 12.6 Å². The molecule has 150 valence electrons. The molecule has 1 amide bonds. The van der Waals surface area contributed by atoms with Crippen LogP contribution in [0.25, 0.3) is 6.08 Å². The Kier molecular flexibility index (Phi) is 6.40. The molecule has 1 fully saturated rings. The van der Waals surface area contributed by atoms with Gasteiger partial charge in [-0.15, -0.1) is 0 Å². The summed E-state index contributed by atoms with van der Waals surface area (Å²) >= 11 is 1.21. The van der Waals surface area contributed by atoms with Crippen LogP contribution in [0, 0.1) is 0 Å². The Hall–Kier alpha value is -3.46. The molecule has 8 nitrogen and oxygen atoms in total. The third-order valence-corrected chi connectivity index (χ3v) is 4.71. The van der Waals surface area contributed by atoms with E-state index in [1.165, 1.54) is 18.9 Å². The maximum absolute atomic E-state index is 12.3. The number of carboxylic acids is 1. The lowest BCUT2D eigenvalue weighted by Gasteiger charge is -2.07. The van der Waals surface area contributed by atoms with Gasteiger partial charge < -0.3 is 24.6 Å². The zero-order valence-corrected chi connectivity index (χ0v) is 16.5. The van der Waals surface area contributed by atoms with Gasteiger partial charge in [0.15, 0.2) is 11.8 Å². The van der Waals surface area contributed by atoms with Gasteiger partial charge >= 0.3 is 5.97 Å². The number of amides is 1. The van der Waals surface area contributed by atoms with Crippen molar-refractivity contribution in [3.63, 3.8) is 0 Å². The van der Waals surface area contributed by atoms with Gasteiger partial charge in [0.2, 0.25) is 0 Å². The topological polar surface area (TPSA) is 106 Å². The Morgan fingerprint density at radius 1 is 1.14 bits per heavy atom. The molecule has 2 aromatic carbocycles. The predicted octanol–water partition coefficient (Wildman–Crippen LogP) is 3.06. The second-order valence-corrected chi connectivity index (χ2v) is 6.80. The van der Waals surface area contributed by atoms with Gasteiger partial charge in [-0.2, -0.15) is 0 Å². The first-order valence-electron chi connectivity index (χ1n) is 8.45. The number of carboxylic acid groups (broad SMARTS) is 1. The molecule has 1 saturated heterocycles. The van der Waals surface area contributed by atoms with Crippen LogP contribution in [0.2, 0.25) is 0 Å². The maximum atomic E-state index is 12.3. The van der Waals surface area contributed by atoms with E-state index in [1.807, 2.05) is 0 Å². The van der Waals surface area contributed by atoms with E-state index in [-0.39, 0.29) is 5.91 Å². The molecule has 9 heteroatoms. The van der Waals surface area contributed by atoms with Gasteiger partial charge in [0.1, 0.15) is 22.9 Å². The Bertz CT molecular complexity index is 985. The number of amidine groups is 1. The van der Waals surface area contributed by atoms with Crippen LogP contribution in [0.1, 0.15) is 5.56 Å². The molecule has 2 N–H and O–H groups in total. The van der Waals surface area contributed by atoms with E-state index in [4.69, 9.17) is 19.3 Å². The van der Waals surface area contributed by atoms with Crippen molar-refractivity contribution in [3.8, 4) is 17.2 Å². The lowest BCUT2D eigenvalue weighted by atomic mass is 10.2. The fraction of sp³-hybridized carbons (Fsp3) is 0.150. The lowest BCUT2D eigenvalue weighted by Crippen LogP contribution is -2.19. The maximum Gasteiger partial charge on any atom is 0.341 e. The zero-order valence-electron chi connectivity index (χ0n) is 15.7. The van der Waals surface area contributed by atoms with Crippen LogP contribution in [0.4, 0.5) is 5.69 Å². The summed E-state index contributed by atoms with van der Waals surface area (Å²) in [7, 11) is 3.10. The van der Waals surface area contributed by atoms with Gasteiger partial charge in [-0.3, -0.25) is 4.79 Å². The average molecular weight is 414 g/mol. The van der Waals surface area contributed by atoms with Crippen molar-refractivity contribution >= 4 is 40.6 Å². The average Bonchev–Trinajstić information content (AvgIpc) is 3.06. The highest BCUT2D eigenvalue weighted by atomic mass is 32.2. The minimum Gasteiger partial charge on any atom is -0.497 e. The summed E-state index contributed by atoms with van der Waals surface area (Å²) in [5.74, 6) is 0.307. The molecule has 1 aliphatic rings. The molecule has 0 spiro atoms. The number of rotatable bonds is 7. The highest BCUT2D eigenvalue weighted by molar-refractivity contribution is 8.18.